The highest BCUT2D eigenvalue weighted by atomic mass is 35.5. The fraction of sp³-hybridized carbons (Fsp3) is 0.500. The minimum atomic E-state index is -3.00. The summed E-state index contributed by atoms with van der Waals surface area (Å²) < 4.78 is 28.7. The van der Waals surface area contributed by atoms with Crippen molar-refractivity contribution in [2.24, 2.45) is 5.92 Å². The Morgan fingerprint density at radius 2 is 2.09 bits per heavy atom. The molecule has 0 aliphatic heterocycles. The number of alkyl halides is 2. The maximum Gasteiger partial charge on any atom is 0.387 e. The van der Waals surface area contributed by atoms with E-state index in [1.54, 1.807) is 6.92 Å². The molecule has 0 spiro atoms. The zero-order valence-corrected chi connectivity index (χ0v) is 13.0. The van der Waals surface area contributed by atoms with Crippen molar-refractivity contribution in [2.45, 2.75) is 33.0 Å². The Morgan fingerprint density at radius 1 is 1.41 bits per heavy atom. The fourth-order valence-corrected chi connectivity index (χ4v) is 2.04. The van der Waals surface area contributed by atoms with Gasteiger partial charge in [-0.15, -0.1) is 0 Å². The van der Waals surface area contributed by atoms with Gasteiger partial charge in [0.05, 0.1) is 11.1 Å². The van der Waals surface area contributed by atoms with E-state index in [0.29, 0.717) is 13.0 Å². The molecule has 1 rings (SSSR count). The van der Waals surface area contributed by atoms with Gasteiger partial charge in [0.2, 0.25) is 0 Å². The van der Waals surface area contributed by atoms with E-state index in [9.17, 15) is 18.7 Å². The number of ether oxygens (including phenoxy) is 1. The molecule has 0 saturated heterocycles. The molecule has 1 aromatic carbocycles. The quantitative estimate of drug-likeness (QED) is 0.714. The van der Waals surface area contributed by atoms with Crippen molar-refractivity contribution < 1.29 is 23.4 Å². The zero-order valence-electron chi connectivity index (χ0n) is 12.3. The standard InChI is InChI=1S/C14H19ClF2N2O3/c1-8(5-9(2)20)7-18-14(21)19-10-3-4-11(15)12(6-10)22-13(16)17/h3-4,6,8-9,13,20H,5,7H2,1-2H3,(H2,18,19,21). The topological polar surface area (TPSA) is 70.6 Å². The predicted molar refractivity (Wildman–Crippen MR) is 80.6 cm³/mol. The van der Waals surface area contributed by atoms with Gasteiger partial charge in [0.15, 0.2) is 0 Å². The van der Waals surface area contributed by atoms with Gasteiger partial charge >= 0.3 is 12.6 Å². The van der Waals surface area contributed by atoms with Crippen LogP contribution in [0.15, 0.2) is 18.2 Å². The van der Waals surface area contributed by atoms with Crippen LogP contribution in [0.2, 0.25) is 5.02 Å². The monoisotopic (exact) mass is 336 g/mol. The summed E-state index contributed by atoms with van der Waals surface area (Å²) in [4.78, 5) is 11.7. The van der Waals surface area contributed by atoms with Gasteiger partial charge in [-0.25, -0.2) is 4.79 Å². The van der Waals surface area contributed by atoms with E-state index in [-0.39, 0.29) is 22.4 Å². The number of aliphatic hydroxyl groups excluding tert-OH is 1. The molecule has 0 aliphatic carbocycles. The number of aliphatic hydroxyl groups is 1. The summed E-state index contributed by atoms with van der Waals surface area (Å²) in [5, 5.41) is 14.4. The number of nitrogens with one attached hydrogen (secondary N) is 2. The van der Waals surface area contributed by atoms with Crippen molar-refractivity contribution in [2.75, 3.05) is 11.9 Å². The third-order valence-corrected chi connectivity index (χ3v) is 3.07. The van der Waals surface area contributed by atoms with Crippen molar-refractivity contribution in [3.63, 3.8) is 0 Å². The summed E-state index contributed by atoms with van der Waals surface area (Å²) in [6.07, 6.45) is 0.123. The molecule has 0 aliphatic rings. The van der Waals surface area contributed by atoms with Crippen LogP contribution < -0.4 is 15.4 Å². The van der Waals surface area contributed by atoms with Gasteiger partial charge in [-0.2, -0.15) is 8.78 Å². The summed E-state index contributed by atoms with van der Waals surface area (Å²) in [5.74, 6) is -0.106. The molecule has 2 atom stereocenters. The Kier molecular flexibility index (Phi) is 7.34. The third kappa shape index (κ3) is 6.91. The lowest BCUT2D eigenvalue weighted by Gasteiger charge is -2.15. The van der Waals surface area contributed by atoms with E-state index in [2.05, 4.69) is 15.4 Å². The van der Waals surface area contributed by atoms with E-state index in [1.165, 1.54) is 18.2 Å². The number of rotatable bonds is 7. The van der Waals surface area contributed by atoms with Crippen LogP contribution in [0.1, 0.15) is 20.3 Å². The molecular formula is C14H19ClF2N2O3. The van der Waals surface area contributed by atoms with E-state index in [4.69, 9.17) is 11.6 Å². The van der Waals surface area contributed by atoms with E-state index >= 15 is 0 Å². The van der Waals surface area contributed by atoms with Crippen molar-refractivity contribution in [3.8, 4) is 5.75 Å². The number of amides is 2. The number of carbonyl (C=O) groups is 1. The second kappa shape index (κ2) is 8.75. The summed E-state index contributed by atoms with van der Waals surface area (Å²) in [5.41, 5.74) is 0.278. The molecule has 1 aromatic rings. The van der Waals surface area contributed by atoms with Crippen LogP contribution in [0.3, 0.4) is 0 Å². The van der Waals surface area contributed by atoms with Crippen LogP contribution in [-0.4, -0.2) is 30.4 Å². The van der Waals surface area contributed by atoms with E-state index in [1.807, 2.05) is 6.92 Å². The molecule has 124 valence electrons. The molecule has 8 heteroatoms. The van der Waals surface area contributed by atoms with Gasteiger partial charge in [0, 0.05) is 18.3 Å². The fourth-order valence-electron chi connectivity index (χ4n) is 1.88. The van der Waals surface area contributed by atoms with Crippen molar-refractivity contribution in [1.29, 1.82) is 0 Å². The normalized spacial score (nSPS) is 13.6. The van der Waals surface area contributed by atoms with E-state index in [0.717, 1.165) is 0 Å². The van der Waals surface area contributed by atoms with Gasteiger partial charge in [0.25, 0.3) is 0 Å². The number of urea groups is 1. The Hall–Kier alpha value is -1.60. The van der Waals surface area contributed by atoms with Crippen LogP contribution in [0.4, 0.5) is 19.3 Å². The highest BCUT2D eigenvalue weighted by Crippen LogP contribution is 2.29. The second-order valence-corrected chi connectivity index (χ2v) is 5.46. The lowest BCUT2D eigenvalue weighted by molar-refractivity contribution is -0.0497. The molecule has 5 nitrogen and oxygen atoms in total. The maximum atomic E-state index is 12.2. The van der Waals surface area contributed by atoms with Gasteiger partial charge < -0.3 is 20.5 Å². The number of benzene rings is 1. The Labute approximate surface area is 132 Å². The first kappa shape index (κ1) is 18.4. The van der Waals surface area contributed by atoms with Crippen molar-refractivity contribution in [3.05, 3.63) is 23.2 Å². The largest absolute Gasteiger partial charge is 0.433 e. The summed E-state index contributed by atoms with van der Waals surface area (Å²) in [6.45, 7) is 0.951. The minimum Gasteiger partial charge on any atom is -0.433 e. The third-order valence-electron chi connectivity index (χ3n) is 2.76. The van der Waals surface area contributed by atoms with Crippen LogP contribution in [-0.2, 0) is 0 Å². The molecule has 2 unspecified atom stereocenters. The second-order valence-electron chi connectivity index (χ2n) is 5.05. The van der Waals surface area contributed by atoms with Crippen molar-refractivity contribution in [1.82, 2.24) is 5.32 Å². The van der Waals surface area contributed by atoms with Crippen LogP contribution in [0, 0.1) is 5.92 Å². The number of hydrogen-bond donors (Lipinski definition) is 3. The van der Waals surface area contributed by atoms with Gasteiger partial charge in [-0.05, 0) is 31.4 Å². The van der Waals surface area contributed by atoms with Crippen LogP contribution in [0.25, 0.3) is 0 Å². The molecule has 0 saturated carbocycles. The van der Waals surface area contributed by atoms with Crippen LogP contribution in [0.5, 0.6) is 5.75 Å². The first-order valence-corrected chi connectivity index (χ1v) is 7.13. The summed E-state index contributed by atoms with van der Waals surface area (Å²) >= 11 is 5.72. The average molecular weight is 337 g/mol. The molecule has 22 heavy (non-hydrogen) atoms. The molecular weight excluding hydrogens is 318 g/mol. The molecule has 0 fully saturated rings. The first-order chi connectivity index (χ1) is 10.3. The number of carbonyl (C=O) groups excluding carboxylic acids is 1. The van der Waals surface area contributed by atoms with Crippen LogP contribution >= 0.6 is 11.6 Å². The Bertz CT molecular complexity index is 501. The number of anilines is 1. The number of halogens is 3. The molecule has 2 amide bonds. The lowest BCUT2D eigenvalue weighted by atomic mass is 10.1. The minimum absolute atomic E-state index is 0.0248. The average Bonchev–Trinajstić information content (AvgIpc) is 2.39. The molecule has 0 heterocycles. The van der Waals surface area contributed by atoms with Gasteiger partial charge in [0.1, 0.15) is 5.75 Å². The summed E-state index contributed by atoms with van der Waals surface area (Å²) in [6, 6.07) is 3.56. The molecule has 0 aromatic heterocycles. The smallest absolute Gasteiger partial charge is 0.387 e. The highest BCUT2D eigenvalue weighted by molar-refractivity contribution is 6.32. The molecule has 0 bridgehead atoms. The Balaban J connectivity index is 2.54. The highest BCUT2D eigenvalue weighted by Gasteiger charge is 2.12. The van der Waals surface area contributed by atoms with Gasteiger partial charge in [-0.1, -0.05) is 18.5 Å². The molecule has 3 N–H and O–H groups in total. The van der Waals surface area contributed by atoms with E-state index < -0.39 is 18.7 Å². The number of hydrogen-bond acceptors (Lipinski definition) is 3. The SMILES string of the molecule is CC(O)CC(C)CNC(=O)Nc1ccc(Cl)c(OC(F)F)c1. The maximum absolute atomic E-state index is 12.2. The Morgan fingerprint density at radius 3 is 2.68 bits per heavy atom. The van der Waals surface area contributed by atoms with Crippen molar-refractivity contribution >= 4 is 23.3 Å². The molecule has 0 radical (unpaired) electrons. The zero-order chi connectivity index (χ0) is 16.7. The predicted octanol–water partition coefficient (Wildman–Crippen LogP) is 3.47. The summed E-state index contributed by atoms with van der Waals surface area (Å²) in [7, 11) is 0. The van der Waals surface area contributed by atoms with Gasteiger partial charge in [-0.3, -0.25) is 0 Å². The lowest BCUT2D eigenvalue weighted by Crippen LogP contribution is -2.33. The first-order valence-electron chi connectivity index (χ1n) is 6.75.